The lowest BCUT2D eigenvalue weighted by Crippen LogP contribution is -2.21. The summed E-state index contributed by atoms with van der Waals surface area (Å²) in [5.74, 6) is 1.77. The molecule has 0 radical (unpaired) electrons. The normalized spacial score (nSPS) is 12.8. The number of hydrogen-bond donors (Lipinski definition) is 1. The van der Waals surface area contributed by atoms with E-state index in [2.05, 4.69) is 52.1 Å². The fraction of sp³-hybridized carbons (Fsp3) is 0.647. The van der Waals surface area contributed by atoms with Crippen molar-refractivity contribution in [1.29, 1.82) is 0 Å². The Balaban J connectivity index is 2.95. The van der Waals surface area contributed by atoms with Crippen molar-refractivity contribution in [2.24, 2.45) is 5.92 Å². The summed E-state index contributed by atoms with van der Waals surface area (Å²) in [6.45, 7) is 12.0. The Bertz CT molecular complexity index is 375. The Morgan fingerprint density at radius 2 is 1.68 bits per heavy atom. The molecule has 1 unspecified atom stereocenters. The third-order valence-corrected chi connectivity index (χ3v) is 3.57. The summed E-state index contributed by atoms with van der Waals surface area (Å²) >= 11 is 0. The van der Waals surface area contributed by atoms with Gasteiger partial charge in [-0.1, -0.05) is 32.9 Å². The standard InChI is InChI=1S/C17H29NO/c1-7-18-16(9-8-12(2)3)15-10-13(4)17(19-6)14(5)11-15/h10-12,16,18H,7-9H2,1-6H3. The monoisotopic (exact) mass is 263 g/mol. The van der Waals surface area contributed by atoms with E-state index >= 15 is 0 Å². The molecule has 0 saturated heterocycles. The van der Waals surface area contributed by atoms with Gasteiger partial charge >= 0.3 is 0 Å². The van der Waals surface area contributed by atoms with Crippen LogP contribution in [0, 0.1) is 19.8 Å². The quantitative estimate of drug-likeness (QED) is 0.787. The van der Waals surface area contributed by atoms with Gasteiger partial charge in [0.25, 0.3) is 0 Å². The highest BCUT2D eigenvalue weighted by molar-refractivity contribution is 5.44. The van der Waals surface area contributed by atoms with Crippen LogP contribution in [0.4, 0.5) is 0 Å². The third-order valence-electron chi connectivity index (χ3n) is 3.57. The molecule has 0 spiro atoms. The van der Waals surface area contributed by atoms with Crippen molar-refractivity contribution in [1.82, 2.24) is 5.32 Å². The molecule has 19 heavy (non-hydrogen) atoms. The second-order valence-corrected chi connectivity index (χ2v) is 5.77. The molecule has 0 aliphatic rings. The highest BCUT2D eigenvalue weighted by Gasteiger charge is 2.14. The van der Waals surface area contributed by atoms with Crippen molar-refractivity contribution >= 4 is 0 Å². The number of rotatable bonds is 7. The van der Waals surface area contributed by atoms with E-state index in [1.165, 1.54) is 29.5 Å². The molecule has 1 aromatic rings. The first-order valence-electron chi connectivity index (χ1n) is 7.38. The van der Waals surface area contributed by atoms with E-state index in [9.17, 15) is 0 Å². The Morgan fingerprint density at radius 1 is 1.11 bits per heavy atom. The largest absolute Gasteiger partial charge is 0.496 e. The average Bonchev–Trinajstić information content (AvgIpc) is 2.33. The Hall–Kier alpha value is -1.02. The van der Waals surface area contributed by atoms with Gasteiger partial charge < -0.3 is 10.1 Å². The predicted octanol–water partition coefficient (Wildman–Crippen LogP) is 4.40. The first-order valence-corrected chi connectivity index (χ1v) is 7.38. The molecular formula is C17H29NO. The Kier molecular flexibility index (Phi) is 6.36. The number of nitrogens with one attached hydrogen (secondary N) is 1. The summed E-state index contributed by atoms with van der Waals surface area (Å²) in [5, 5.41) is 3.61. The van der Waals surface area contributed by atoms with Gasteiger partial charge in [0.15, 0.2) is 0 Å². The van der Waals surface area contributed by atoms with Crippen molar-refractivity contribution in [2.75, 3.05) is 13.7 Å². The minimum atomic E-state index is 0.454. The first-order chi connectivity index (χ1) is 8.99. The molecule has 2 nitrogen and oxygen atoms in total. The molecule has 2 heteroatoms. The van der Waals surface area contributed by atoms with Gasteiger partial charge in [0.2, 0.25) is 0 Å². The van der Waals surface area contributed by atoms with Gasteiger partial charge in [-0.05, 0) is 55.8 Å². The summed E-state index contributed by atoms with van der Waals surface area (Å²) in [6, 6.07) is 4.98. The molecule has 0 aromatic heterocycles. The van der Waals surface area contributed by atoms with Crippen LogP contribution in [0.1, 0.15) is 56.3 Å². The zero-order valence-corrected chi connectivity index (χ0v) is 13.3. The van der Waals surface area contributed by atoms with Crippen LogP contribution in [0.15, 0.2) is 12.1 Å². The van der Waals surface area contributed by atoms with Gasteiger partial charge in [-0.3, -0.25) is 0 Å². The first kappa shape index (κ1) is 16.0. The molecule has 0 aliphatic heterocycles. The lowest BCUT2D eigenvalue weighted by atomic mass is 9.94. The number of ether oxygens (including phenoxy) is 1. The van der Waals surface area contributed by atoms with Crippen molar-refractivity contribution in [2.45, 2.75) is 53.5 Å². The molecule has 0 heterocycles. The van der Waals surface area contributed by atoms with Crippen molar-refractivity contribution in [3.8, 4) is 5.75 Å². The van der Waals surface area contributed by atoms with E-state index in [4.69, 9.17) is 4.74 Å². The molecule has 0 fully saturated rings. The lowest BCUT2D eigenvalue weighted by molar-refractivity contribution is 0.407. The third kappa shape index (κ3) is 4.54. The molecule has 108 valence electrons. The summed E-state index contributed by atoms with van der Waals surface area (Å²) in [4.78, 5) is 0. The SMILES string of the molecule is CCNC(CCC(C)C)c1cc(C)c(OC)c(C)c1. The summed E-state index contributed by atoms with van der Waals surface area (Å²) in [6.07, 6.45) is 2.44. The maximum absolute atomic E-state index is 5.45. The van der Waals surface area contributed by atoms with Crippen molar-refractivity contribution in [3.63, 3.8) is 0 Å². The Morgan fingerprint density at radius 3 is 2.11 bits per heavy atom. The predicted molar refractivity (Wildman–Crippen MR) is 83.0 cm³/mol. The highest BCUT2D eigenvalue weighted by atomic mass is 16.5. The van der Waals surface area contributed by atoms with Gasteiger partial charge in [0.1, 0.15) is 5.75 Å². The molecule has 0 amide bonds. The topological polar surface area (TPSA) is 21.3 Å². The lowest BCUT2D eigenvalue weighted by Gasteiger charge is -2.21. The van der Waals surface area contributed by atoms with Crippen LogP contribution in [0.3, 0.4) is 0 Å². The number of hydrogen-bond acceptors (Lipinski definition) is 2. The summed E-state index contributed by atoms with van der Waals surface area (Å²) in [5.41, 5.74) is 3.84. The van der Waals surface area contributed by atoms with Gasteiger partial charge in [0.05, 0.1) is 7.11 Å². The molecule has 0 bridgehead atoms. The van der Waals surface area contributed by atoms with Gasteiger partial charge in [0, 0.05) is 6.04 Å². The van der Waals surface area contributed by atoms with Crippen LogP contribution >= 0.6 is 0 Å². The molecule has 0 saturated carbocycles. The van der Waals surface area contributed by atoms with E-state index in [0.29, 0.717) is 6.04 Å². The fourth-order valence-corrected chi connectivity index (χ4v) is 2.64. The molecule has 1 rings (SSSR count). The maximum atomic E-state index is 5.45. The molecular weight excluding hydrogens is 234 g/mol. The summed E-state index contributed by atoms with van der Waals surface area (Å²) in [7, 11) is 1.75. The van der Waals surface area contributed by atoms with E-state index in [0.717, 1.165) is 18.2 Å². The number of benzene rings is 1. The maximum Gasteiger partial charge on any atom is 0.124 e. The highest BCUT2D eigenvalue weighted by Crippen LogP contribution is 2.29. The van der Waals surface area contributed by atoms with Crippen LogP contribution in [0.25, 0.3) is 0 Å². The minimum absolute atomic E-state index is 0.454. The van der Waals surface area contributed by atoms with Crippen LogP contribution in [-0.2, 0) is 0 Å². The molecule has 1 aromatic carbocycles. The fourth-order valence-electron chi connectivity index (χ4n) is 2.64. The second kappa shape index (κ2) is 7.54. The van der Waals surface area contributed by atoms with Crippen LogP contribution < -0.4 is 10.1 Å². The van der Waals surface area contributed by atoms with Gasteiger partial charge in [-0.2, -0.15) is 0 Å². The van der Waals surface area contributed by atoms with Gasteiger partial charge in [-0.15, -0.1) is 0 Å². The minimum Gasteiger partial charge on any atom is -0.496 e. The van der Waals surface area contributed by atoms with Crippen LogP contribution in [0.5, 0.6) is 5.75 Å². The summed E-state index contributed by atoms with van der Waals surface area (Å²) < 4.78 is 5.45. The zero-order chi connectivity index (χ0) is 14.4. The van der Waals surface area contributed by atoms with Crippen LogP contribution in [0.2, 0.25) is 0 Å². The zero-order valence-electron chi connectivity index (χ0n) is 13.3. The van der Waals surface area contributed by atoms with Crippen LogP contribution in [-0.4, -0.2) is 13.7 Å². The van der Waals surface area contributed by atoms with E-state index in [-0.39, 0.29) is 0 Å². The van der Waals surface area contributed by atoms with E-state index < -0.39 is 0 Å². The second-order valence-electron chi connectivity index (χ2n) is 5.77. The van der Waals surface area contributed by atoms with E-state index in [1.807, 2.05) is 0 Å². The molecule has 0 aliphatic carbocycles. The molecule has 1 N–H and O–H groups in total. The number of aryl methyl sites for hydroxylation is 2. The smallest absolute Gasteiger partial charge is 0.124 e. The van der Waals surface area contributed by atoms with Gasteiger partial charge in [-0.25, -0.2) is 0 Å². The van der Waals surface area contributed by atoms with Crippen molar-refractivity contribution in [3.05, 3.63) is 28.8 Å². The average molecular weight is 263 g/mol. The van der Waals surface area contributed by atoms with E-state index in [1.54, 1.807) is 7.11 Å². The molecule has 1 atom stereocenters. The van der Waals surface area contributed by atoms with Crippen molar-refractivity contribution < 1.29 is 4.74 Å². The number of methoxy groups -OCH3 is 1. The Labute approximate surface area is 118 Å².